The van der Waals surface area contributed by atoms with Gasteiger partial charge in [-0.3, -0.25) is 9.59 Å². The third-order valence-corrected chi connectivity index (χ3v) is 6.43. The van der Waals surface area contributed by atoms with E-state index in [1.807, 2.05) is 79.7 Å². The molecule has 0 heterocycles. The Hall–Kier alpha value is -3.60. The van der Waals surface area contributed by atoms with Crippen LogP contribution in [0.1, 0.15) is 61.8 Å². The summed E-state index contributed by atoms with van der Waals surface area (Å²) >= 11 is 0. The van der Waals surface area contributed by atoms with E-state index in [1.165, 1.54) is 0 Å². The molecule has 0 fully saturated rings. The molecule has 196 valence electrons. The molecule has 3 aromatic rings. The van der Waals surface area contributed by atoms with E-state index in [0.29, 0.717) is 25.3 Å². The number of nitrogens with one attached hydrogen (secondary N) is 1. The Morgan fingerprint density at radius 1 is 0.919 bits per heavy atom. The van der Waals surface area contributed by atoms with Crippen LogP contribution in [0.25, 0.3) is 0 Å². The lowest BCUT2D eigenvalue weighted by atomic mass is 10.0. The summed E-state index contributed by atoms with van der Waals surface area (Å²) in [4.78, 5) is 29.0. The van der Waals surface area contributed by atoms with Gasteiger partial charge >= 0.3 is 0 Å². The number of aryl methyl sites for hydroxylation is 1. The van der Waals surface area contributed by atoms with E-state index in [0.717, 1.165) is 35.1 Å². The number of ether oxygens (including phenoxy) is 1. The van der Waals surface area contributed by atoms with Crippen LogP contribution in [0.2, 0.25) is 0 Å². The first-order valence-electron chi connectivity index (χ1n) is 13.3. The zero-order chi connectivity index (χ0) is 26.6. The quantitative estimate of drug-likeness (QED) is 0.291. The Balaban J connectivity index is 1.91. The first-order valence-corrected chi connectivity index (χ1v) is 13.3. The van der Waals surface area contributed by atoms with E-state index in [1.54, 1.807) is 4.90 Å². The first-order chi connectivity index (χ1) is 17.9. The summed E-state index contributed by atoms with van der Waals surface area (Å²) < 4.78 is 6.06. The van der Waals surface area contributed by atoms with E-state index in [9.17, 15) is 9.59 Å². The molecule has 0 aliphatic carbocycles. The molecule has 0 aromatic heterocycles. The Morgan fingerprint density at radius 3 is 2.32 bits per heavy atom. The van der Waals surface area contributed by atoms with Crippen molar-refractivity contribution in [3.8, 4) is 5.75 Å². The van der Waals surface area contributed by atoms with Crippen molar-refractivity contribution in [2.24, 2.45) is 0 Å². The maximum atomic E-state index is 13.8. The molecule has 0 spiro atoms. The zero-order valence-electron chi connectivity index (χ0n) is 22.6. The largest absolute Gasteiger partial charge is 0.483 e. The van der Waals surface area contributed by atoms with Gasteiger partial charge in [-0.2, -0.15) is 0 Å². The second kappa shape index (κ2) is 14.2. The summed E-state index contributed by atoms with van der Waals surface area (Å²) in [6.45, 7) is 9.10. The van der Waals surface area contributed by atoms with E-state index in [4.69, 9.17) is 4.74 Å². The monoisotopic (exact) mass is 500 g/mol. The van der Waals surface area contributed by atoms with Crippen molar-refractivity contribution in [3.63, 3.8) is 0 Å². The number of unbranched alkanes of at least 4 members (excludes halogenated alkanes) is 1. The van der Waals surface area contributed by atoms with E-state index in [2.05, 4.69) is 32.2 Å². The number of hydrogen-bond acceptors (Lipinski definition) is 3. The lowest BCUT2D eigenvalue weighted by Crippen LogP contribution is -2.51. The van der Waals surface area contributed by atoms with Crippen LogP contribution in [0.4, 0.5) is 0 Å². The van der Waals surface area contributed by atoms with Gasteiger partial charge in [-0.05, 0) is 42.0 Å². The topological polar surface area (TPSA) is 58.6 Å². The molecule has 0 unspecified atom stereocenters. The van der Waals surface area contributed by atoms with Crippen molar-refractivity contribution < 1.29 is 14.3 Å². The van der Waals surface area contributed by atoms with Crippen LogP contribution >= 0.6 is 0 Å². The van der Waals surface area contributed by atoms with Gasteiger partial charge in [0.15, 0.2) is 6.61 Å². The summed E-state index contributed by atoms with van der Waals surface area (Å²) in [5.41, 5.74) is 4.15. The van der Waals surface area contributed by atoms with Gasteiger partial charge in [0.25, 0.3) is 5.91 Å². The highest BCUT2D eigenvalue weighted by molar-refractivity contribution is 5.88. The number of para-hydroxylation sites is 1. The second-order valence-electron chi connectivity index (χ2n) is 9.84. The Kier molecular flexibility index (Phi) is 10.8. The van der Waals surface area contributed by atoms with Gasteiger partial charge in [-0.25, -0.2) is 0 Å². The minimum absolute atomic E-state index is 0.136. The van der Waals surface area contributed by atoms with Crippen LogP contribution < -0.4 is 10.1 Å². The minimum Gasteiger partial charge on any atom is -0.483 e. The van der Waals surface area contributed by atoms with Crippen LogP contribution in [-0.2, 0) is 22.6 Å². The molecule has 2 amide bonds. The molecule has 5 heteroatoms. The van der Waals surface area contributed by atoms with Crippen molar-refractivity contribution in [1.29, 1.82) is 0 Å². The summed E-state index contributed by atoms with van der Waals surface area (Å²) in [7, 11) is 0. The smallest absolute Gasteiger partial charge is 0.261 e. The fourth-order valence-corrected chi connectivity index (χ4v) is 4.38. The highest BCUT2D eigenvalue weighted by atomic mass is 16.5. The average molecular weight is 501 g/mol. The van der Waals surface area contributed by atoms with Gasteiger partial charge in [0.05, 0.1) is 0 Å². The van der Waals surface area contributed by atoms with Gasteiger partial charge < -0.3 is 15.0 Å². The normalized spacial score (nSPS) is 11.7. The van der Waals surface area contributed by atoms with Gasteiger partial charge in [0, 0.05) is 19.5 Å². The maximum Gasteiger partial charge on any atom is 0.261 e. The molecule has 3 rings (SSSR count). The fourth-order valence-electron chi connectivity index (χ4n) is 4.38. The molecule has 0 saturated carbocycles. The van der Waals surface area contributed by atoms with Gasteiger partial charge in [-0.15, -0.1) is 0 Å². The Labute approximate surface area is 221 Å². The Bertz CT molecular complexity index is 1140. The number of carbonyl (C=O) groups excluding carboxylic acids is 2. The van der Waals surface area contributed by atoms with Crippen LogP contribution in [0.5, 0.6) is 5.75 Å². The first kappa shape index (κ1) is 28.0. The summed E-state index contributed by atoms with van der Waals surface area (Å²) in [6.07, 6.45) is 2.31. The van der Waals surface area contributed by atoms with Crippen molar-refractivity contribution in [1.82, 2.24) is 10.2 Å². The molecule has 0 bridgehead atoms. The lowest BCUT2D eigenvalue weighted by Gasteiger charge is -2.31. The van der Waals surface area contributed by atoms with Crippen molar-refractivity contribution in [3.05, 3.63) is 101 Å². The van der Waals surface area contributed by atoms with E-state index < -0.39 is 6.04 Å². The Morgan fingerprint density at radius 2 is 1.62 bits per heavy atom. The van der Waals surface area contributed by atoms with Gasteiger partial charge in [0.1, 0.15) is 11.8 Å². The summed E-state index contributed by atoms with van der Waals surface area (Å²) in [5, 5.41) is 3.06. The number of nitrogens with zero attached hydrogens (tertiary/aromatic N) is 1. The molecule has 0 aliphatic rings. The highest BCUT2D eigenvalue weighted by Gasteiger charge is 2.30. The van der Waals surface area contributed by atoms with E-state index >= 15 is 0 Å². The third-order valence-electron chi connectivity index (χ3n) is 6.43. The maximum absolute atomic E-state index is 13.8. The van der Waals surface area contributed by atoms with Crippen LogP contribution in [-0.4, -0.2) is 35.9 Å². The summed E-state index contributed by atoms with van der Waals surface area (Å²) in [6, 6.07) is 25.1. The molecule has 5 nitrogen and oxygen atoms in total. The second-order valence-corrected chi connectivity index (χ2v) is 9.84. The number of hydrogen-bond donors (Lipinski definition) is 1. The van der Waals surface area contributed by atoms with Gasteiger partial charge in [-0.1, -0.05) is 106 Å². The molecule has 0 saturated heterocycles. The third kappa shape index (κ3) is 8.49. The standard InChI is InChI=1S/C32H40N2O3/c1-5-6-19-33-32(36)29(21-26-14-8-7-9-15-26)34(22-27-16-12-13-25(4)20-27)31(35)23-37-30-18-11-10-17-28(30)24(2)3/h7-18,20,24,29H,5-6,19,21-23H2,1-4H3,(H,33,36)/t29-/m1/s1. The molecule has 0 radical (unpaired) electrons. The SMILES string of the molecule is CCCCNC(=O)[C@@H](Cc1ccccc1)N(Cc1cccc(C)c1)C(=O)COc1ccccc1C(C)C. The molecule has 3 aromatic carbocycles. The minimum atomic E-state index is -0.656. The number of amides is 2. The molecule has 1 atom stereocenters. The summed E-state index contributed by atoms with van der Waals surface area (Å²) in [5.74, 6) is 0.616. The number of rotatable bonds is 13. The highest BCUT2D eigenvalue weighted by Crippen LogP contribution is 2.26. The molecular formula is C32H40N2O3. The van der Waals surface area contributed by atoms with E-state index in [-0.39, 0.29) is 24.3 Å². The van der Waals surface area contributed by atoms with Crippen LogP contribution in [0.15, 0.2) is 78.9 Å². The molecule has 37 heavy (non-hydrogen) atoms. The van der Waals surface area contributed by atoms with Crippen molar-refractivity contribution in [2.45, 2.75) is 65.5 Å². The zero-order valence-corrected chi connectivity index (χ0v) is 22.6. The van der Waals surface area contributed by atoms with Gasteiger partial charge in [0.2, 0.25) is 5.91 Å². The van der Waals surface area contributed by atoms with Crippen LogP contribution in [0, 0.1) is 6.92 Å². The van der Waals surface area contributed by atoms with Crippen molar-refractivity contribution >= 4 is 11.8 Å². The predicted molar refractivity (Wildman–Crippen MR) is 150 cm³/mol. The lowest BCUT2D eigenvalue weighted by molar-refractivity contribution is -0.142. The number of benzene rings is 3. The molecular weight excluding hydrogens is 460 g/mol. The van der Waals surface area contributed by atoms with Crippen LogP contribution in [0.3, 0.4) is 0 Å². The fraction of sp³-hybridized carbons (Fsp3) is 0.375. The number of carbonyl (C=O) groups is 2. The predicted octanol–water partition coefficient (Wildman–Crippen LogP) is 6.05. The molecule has 1 N–H and O–H groups in total. The molecule has 0 aliphatic heterocycles. The average Bonchev–Trinajstić information content (AvgIpc) is 2.90. The van der Waals surface area contributed by atoms with Crippen molar-refractivity contribution in [2.75, 3.05) is 13.2 Å².